The highest BCUT2D eigenvalue weighted by Crippen LogP contribution is 2.36. The van der Waals surface area contributed by atoms with Gasteiger partial charge in [0.2, 0.25) is 11.8 Å². The van der Waals surface area contributed by atoms with E-state index in [1.54, 1.807) is 17.5 Å². The van der Waals surface area contributed by atoms with Crippen molar-refractivity contribution in [2.75, 3.05) is 33.5 Å². The SMILES string of the molecule is CC(=O)Nc1ccc2c(c1)CCN2[C@H]1CCN(c2ccc(Nc3nccs3)cc2)C1=O. The zero-order valence-corrected chi connectivity index (χ0v) is 18.0. The lowest BCUT2D eigenvalue weighted by atomic mass is 10.1. The van der Waals surface area contributed by atoms with Crippen LogP contribution in [-0.2, 0) is 16.0 Å². The molecule has 8 heteroatoms. The van der Waals surface area contributed by atoms with Crippen molar-refractivity contribution in [1.82, 2.24) is 4.98 Å². The third-order valence-corrected chi connectivity index (χ3v) is 6.44. The Balaban J connectivity index is 1.29. The lowest BCUT2D eigenvalue weighted by Crippen LogP contribution is -2.41. The Morgan fingerprint density at radius 1 is 1.13 bits per heavy atom. The number of hydrogen-bond acceptors (Lipinski definition) is 6. The van der Waals surface area contributed by atoms with Crippen molar-refractivity contribution in [3.63, 3.8) is 0 Å². The first-order chi connectivity index (χ1) is 15.1. The summed E-state index contributed by atoms with van der Waals surface area (Å²) >= 11 is 1.55. The molecule has 0 spiro atoms. The summed E-state index contributed by atoms with van der Waals surface area (Å²) in [5.41, 5.74) is 4.94. The molecule has 0 aliphatic carbocycles. The Hall–Kier alpha value is -3.39. The number of carbonyl (C=O) groups is 2. The topological polar surface area (TPSA) is 77.6 Å². The van der Waals surface area contributed by atoms with Gasteiger partial charge in [0.25, 0.3) is 0 Å². The van der Waals surface area contributed by atoms with Gasteiger partial charge >= 0.3 is 0 Å². The summed E-state index contributed by atoms with van der Waals surface area (Å²) in [6.45, 7) is 3.03. The molecule has 0 radical (unpaired) electrons. The predicted molar refractivity (Wildman–Crippen MR) is 124 cm³/mol. The molecule has 2 N–H and O–H groups in total. The van der Waals surface area contributed by atoms with Crippen molar-refractivity contribution in [2.24, 2.45) is 0 Å². The van der Waals surface area contributed by atoms with Gasteiger partial charge < -0.3 is 20.4 Å². The van der Waals surface area contributed by atoms with Gasteiger partial charge in [0, 0.05) is 54.3 Å². The molecule has 0 saturated carbocycles. The number of nitrogens with one attached hydrogen (secondary N) is 2. The van der Waals surface area contributed by atoms with Gasteiger partial charge in [0.05, 0.1) is 0 Å². The van der Waals surface area contributed by atoms with E-state index in [0.717, 1.165) is 47.3 Å². The molecule has 3 aromatic rings. The molecular formula is C23H23N5O2S. The maximum atomic E-state index is 13.3. The van der Waals surface area contributed by atoms with Crippen LogP contribution in [-0.4, -0.2) is 35.9 Å². The van der Waals surface area contributed by atoms with Crippen LogP contribution in [0.15, 0.2) is 54.0 Å². The number of benzene rings is 2. The van der Waals surface area contributed by atoms with Crippen LogP contribution >= 0.6 is 11.3 Å². The van der Waals surface area contributed by atoms with Gasteiger partial charge in [0.15, 0.2) is 5.13 Å². The van der Waals surface area contributed by atoms with Gasteiger partial charge in [0.1, 0.15) is 6.04 Å². The van der Waals surface area contributed by atoms with Crippen molar-refractivity contribution in [2.45, 2.75) is 25.8 Å². The van der Waals surface area contributed by atoms with Crippen molar-refractivity contribution in [3.05, 3.63) is 59.6 Å². The quantitative estimate of drug-likeness (QED) is 0.636. The monoisotopic (exact) mass is 433 g/mol. The molecule has 2 aliphatic rings. The highest BCUT2D eigenvalue weighted by Gasteiger charge is 2.39. The van der Waals surface area contributed by atoms with E-state index in [9.17, 15) is 9.59 Å². The average molecular weight is 434 g/mol. The number of hydrogen-bond donors (Lipinski definition) is 2. The third-order valence-electron chi connectivity index (χ3n) is 5.75. The summed E-state index contributed by atoms with van der Waals surface area (Å²) < 4.78 is 0. The van der Waals surface area contributed by atoms with Gasteiger partial charge in [-0.25, -0.2) is 4.98 Å². The minimum Gasteiger partial charge on any atom is -0.359 e. The van der Waals surface area contributed by atoms with Crippen molar-refractivity contribution >= 4 is 51.0 Å². The molecule has 1 fully saturated rings. The van der Waals surface area contributed by atoms with E-state index in [1.807, 2.05) is 52.7 Å². The number of amides is 2. The van der Waals surface area contributed by atoms with Crippen LogP contribution in [0.25, 0.3) is 0 Å². The van der Waals surface area contributed by atoms with Crippen molar-refractivity contribution in [1.29, 1.82) is 0 Å². The summed E-state index contributed by atoms with van der Waals surface area (Å²) in [5.74, 6) is 0.0590. The number of rotatable bonds is 5. The first kappa shape index (κ1) is 19.6. The molecular weight excluding hydrogens is 410 g/mol. The molecule has 7 nitrogen and oxygen atoms in total. The minimum absolute atomic E-state index is 0.0794. The summed E-state index contributed by atoms with van der Waals surface area (Å²) in [4.78, 5) is 32.9. The third kappa shape index (κ3) is 3.86. The van der Waals surface area contributed by atoms with Crippen LogP contribution < -0.4 is 20.4 Å². The number of nitrogens with zero attached hydrogens (tertiary/aromatic N) is 3. The summed E-state index contributed by atoms with van der Waals surface area (Å²) in [6, 6.07) is 13.7. The molecule has 31 heavy (non-hydrogen) atoms. The number of fused-ring (bicyclic) bond motifs is 1. The molecule has 1 aromatic heterocycles. The van der Waals surface area contributed by atoms with E-state index in [1.165, 1.54) is 12.5 Å². The Bertz CT molecular complexity index is 1110. The van der Waals surface area contributed by atoms with Gasteiger partial charge in [-0.05, 0) is 60.9 Å². The van der Waals surface area contributed by atoms with Crippen LogP contribution in [0.4, 0.5) is 27.9 Å². The number of anilines is 5. The fourth-order valence-electron chi connectivity index (χ4n) is 4.38. The summed E-state index contributed by atoms with van der Waals surface area (Å²) in [7, 11) is 0. The average Bonchev–Trinajstić information content (AvgIpc) is 3.48. The van der Waals surface area contributed by atoms with E-state index in [0.29, 0.717) is 6.54 Å². The van der Waals surface area contributed by atoms with Crippen LogP contribution in [0, 0.1) is 0 Å². The van der Waals surface area contributed by atoms with Crippen LogP contribution in [0.5, 0.6) is 0 Å². The first-order valence-corrected chi connectivity index (χ1v) is 11.2. The van der Waals surface area contributed by atoms with E-state index < -0.39 is 0 Å². The van der Waals surface area contributed by atoms with Crippen molar-refractivity contribution in [3.8, 4) is 0 Å². The fourth-order valence-corrected chi connectivity index (χ4v) is 4.92. The molecule has 3 heterocycles. The van der Waals surface area contributed by atoms with E-state index in [-0.39, 0.29) is 17.9 Å². The maximum Gasteiger partial charge on any atom is 0.249 e. The molecule has 2 aliphatic heterocycles. The van der Waals surface area contributed by atoms with Gasteiger partial charge in [-0.1, -0.05) is 0 Å². The summed E-state index contributed by atoms with van der Waals surface area (Å²) in [6.07, 6.45) is 3.44. The molecule has 1 saturated heterocycles. The second-order valence-electron chi connectivity index (χ2n) is 7.77. The lowest BCUT2D eigenvalue weighted by Gasteiger charge is -2.26. The Labute approximate surface area is 184 Å². The molecule has 1 atom stereocenters. The largest absolute Gasteiger partial charge is 0.359 e. The highest BCUT2D eigenvalue weighted by molar-refractivity contribution is 7.13. The Morgan fingerprint density at radius 2 is 1.94 bits per heavy atom. The van der Waals surface area contributed by atoms with E-state index in [4.69, 9.17) is 0 Å². The smallest absolute Gasteiger partial charge is 0.249 e. The zero-order chi connectivity index (χ0) is 21.4. The fraction of sp³-hybridized carbons (Fsp3) is 0.261. The molecule has 2 amide bonds. The van der Waals surface area contributed by atoms with Gasteiger partial charge in [-0.2, -0.15) is 0 Å². The normalized spacial score (nSPS) is 17.7. The van der Waals surface area contributed by atoms with E-state index >= 15 is 0 Å². The van der Waals surface area contributed by atoms with Crippen LogP contribution in [0.3, 0.4) is 0 Å². The second kappa shape index (κ2) is 8.03. The zero-order valence-electron chi connectivity index (χ0n) is 17.2. The van der Waals surface area contributed by atoms with Crippen molar-refractivity contribution < 1.29 is 9.59 Å². The highest BCUT2D eigenvalue weighted by atomic mass is 32.1. The molecule has 0 unspecified atom stereocenters. The summed E-state index contributed by atoms with van der Waals surface area (Å²) in [5, 5.41) is 8.87. The van der Waals surface area contributed by atoms with E-state index in [2.05, 4.69) is 20.5 Å². The predicted octanol–water partition coefficient (Wildman–Crippen LogP) is 4.01. The molecule has 2 aromatic carbocycles. The molecule has 158 valence electrons. The number of carbonyl (C=O) groups excluding carboxylic acids is 2. The maximum absolute atomic E-state index is 13.3. The Morgan fingerprint density at radius 3 is 2.68 bits per heavy atom. The number of thiazole rings is 1. The van der Waals surface area contributed by atoms with Crippen LogP contribution in [0.1, 0.15) is 18.9 Å². The van der Waals surface area contributed by atoms with Crippen LogP contribution in [0.2, 0.25) is 0 Å². The Kier molecular flexibility index (Phi) is 5.07. The lowest BCUT2D eigenvalue weighted by molar-refractivity contribution is -0.118. The molecule has 5 rings (SSSR count). The standard InChI is InChI=1S/C23H23N5O2S/c1-15(29)25-18-4-7-20-16(14-18)8-11-28(20)21-9-12-27(22(21)30)19-5-2-17(3-6-19)26-23-24-10-13-31-23/h2-7,10,13-14,21H,8-9,11-12H2,1H3,(H,24,26)(H,25,29)/t21-/m0/s1. The first-order valence-electron chi connectivity index (χ1n) is 10.3. The molecule has 0 bridgehead atoms. The van der Waals surface area contributed by atoms with Gasteiger partial charge in [-0.15, -0.1) is 11.3 Å². The minimum atomic E-state index is -0.152. The number of aromatic nitrogens is 1. The van der Waals surface area contributed by atoms with Gasteiger partial charge in [-0.3, -0.25) is 9.59 Å². The second-order valence-corrected chi connectivity index (χ2v) is 8.67.